The molecule has 4 heteroatoms. The maximum atomic E-state index is 10.7. The van der Waals surface area contributed by atoms with Crippen LogP contribution in [0.25, 0.3) is 0 Å². The lowest BCUT2D eigenvalue weighted by Gasteiger charge is -2.09. The van der Waals surface area contributed by atoms with Crippen molar-refractivity contribution in [1.82, 2.24) is 4.90 Å². The van der Waals surface area contributed by atoms with Crippen LogP contribution in [-0.4, -0.2) is 16.2 Å². The Morgan fingerprint density at radius 3 is 2.30 bits per heavy atom. The molecule has 0 spiro atoms. The molecule has 0 rings (SSSR count). The first-order valence-electron chi connectivity index (χ1n) is 2.77. The summed E-state index contributed by atoms with van der Waals surface area (Å²) in [6.07, 6.45) is 1.34. The summed E-state index contributed by atoms with van der Waals surface area (Å²) in [7, 11) is 0. The lowest BCUT2D eigenvalue weighted by Crippen LogP contribution is -2.26. The number of hydrogen-bond donors (Lipinski definition) is 0. The molecule has 0 fully saturated rings. The quantitative estimate of drug-likeness (QED) is 0.457. The molecule has 10 heavy (non-hydrogen) atoms. The van der Waals surface area contributed by atoms with Crippen LogP contribution in [-0.2, 0) is 4.79 Å². The molecule has 0 heterocycles. The van der Waals surface area contributed by atoms with Crippen LogP contribution in [0.3, 0.4) is 0 Å². The summed E-state index contributed by atoms with van der Waals surface area (Å²) < 4.78 is 0. The minimum atomic E-state index is -0.818. The first-order valence-corrected chi connectivity index (χ1v) is 3.15. The molecule has 0 N–H and O–H groups in total. The number of carbonyl (C=O) groups is 2. The van der Waals surface area contributed by atoms with E-state index in [4.69, 9.17) is 11.6 Å². The van der Waals surface area contributed by atoms with E-state index >= 15 is 0 Å². The van der Waals surface area contributed by atoms with E-state index in [1.54, 1.807) is 6.92 Å². The highest BCUT2D eigenvalue weighted by Crippen LogP contribution is 1.99. The number of amides is 2. The van der Waals surface area contributed by atoms with Crippen LogP contribution in [0.1, 0.15) is 13.3 Å². The second-order valence-corrected chi connectivity index (χ2v) is 1.88. The van der Waals surface area contributed by atoms with Crippen molar-refractivity contribution in [2.24, 2.45) is 0 Å². The molecule has 0 atom stereocenters. The lowest BCUT2D eigenvalue weighted by atomic mass is 10.4. The Hall–Kier alpha value is -0.830. The van der Waals surface area contributed by atoms with Crippen LogP contribution >= 0.6 is 11.6 Å². The lowest BCUT2D eigenvalue weighted by molar-refractivity contribution is -0.125. The molecule has 0 saturated carbocycles. The van der Waals surface area contributed by atoms with Gasteiger partial charge in [-0.3, -0.25) is 9.59 Å². The van der Waals surface area contributed by atoms with Gasteiger partial charge in [0.2, 0.25) is 5.91 Å². The number of hydrogen-bond acceptors (Lipinski definition) is 2. The van der Waals surface area contributed by atoms with Crippen molar-refractivity contribution in [2.75, 3.05) is 0 Å². The second kappa shape index (κ2) is 4.06. The van der Waals surface area contributed by atoms with Crippen LogP contribution in [0.2, 0.25) is 0 Å². The van der Waals surface area contributed by atoms with Crippen LogP contribution < -0.4 is 0 Å². The highest BCUT2D eigenvalue weighted by molar-refractivity contribution is 6.64. The fourth-order valence-corrected chi connectivity index (χ4v) is 0.605. The Morgan fingerprint density at radius 1 is 1.70 bits per heavy atom. The summed E-state index contributed by atoms with van der Waals surface area (Å²) >= 11 is 5.01. The fourth-order valence-electron chi connectivity index (χ4n) is 0.442. The first kappa shape index (κ1) is 9.17. The molecule has 0 unspecified atom stereocenters. The van der Waals surface area contributed by atoms with E-state index < -0.39 is 5.37 Å². The Labute approximate surface area is 64.3 Å². The van der Waals surface area contributed by atoms with Crippen molar-refractivity contribution in [3.05, 3.63) is 12.8 Å². The van der Waals surface area contributed by atoms with Crippen molar-refractivity contribution >= 4 is 22.9 Å². The average Bonchev–Trinajstić information content (AvgIpc) is 1.88. The van der Waals surface area contributed by atoms with E-state index in [0.717, 1.165) is 11.1 Å². The monoisotopic (exact) mass is 161 g/mol. The number of imide groups is 1. The fraction of sp³-hybridized carbons (Fsp3) is 0.333. The summed E-state index contributed by atoms with van der Waals surface area (Å²) in [5, 5.41) is -0.818. The van der Waals surface area contributed by atoms with Gasteiger partial charge in [-0.05, 0) is 11.6 Å². The second-order valence-electron chi connectivity index (χ2n) is 1.55. The molecule has 0 aliphatic rings. The zero-order valence-electron chi connectivity index (χ0n) is 5.63. The van der Waals surface area contributed by atoms with Crippen molar-refractivity contribution in [3.63, 3.8) is 0 Å². The molecule has 0 aliphatic heterocycles. The standard InChI is InChI=1S/C6H8ClNO2/c1-3-5(9)8(4-2)6(7)10/h4H,2-3H2,1H3. The molecule has 0 aromatic carbocycles. The predicted octanol–water partition coefficient (Wildman–Crippen LogP) is 1.73. The van der Waals surface area contributed by atoms with E-state index in [1.807, 2.05) is 0 Å². The molecule has 0 saturated heterocycles. The summed E-state index contributed by atoms with van der Waals surface area (Å²) in [5.41, 5.74) is 0. The molecular formula is C6H8ClNO2. The molecule has 0 aromatic heterocycles. The number of rotatable bonds is 2. The maximum Gasteiger partial charge on any atom is 0.327 e. The number of nitrogens with zero attached hydrogens (tertiary/aromatic N) is 1. The molecule has 56 valence electrons. The number of carbonyl (C=O) groups excluding carboxylic acids is 2. The van der Waals surface area contributed by atoms with Gasteiger partial charge in [0, 0.05) is 12.6 Å². The van der Waals surface area contributed by atoms with Gasteiger partial charge in [0.05, 0.1) is 0 Å². The average molecular weight is 162 g/mol. The molecular weight excluding hydrogens is 154 g/mol. The van der Waals surface area contributed by atoms with Crippen LogP contribution in [0.15, 0.2) is 12.8 Å². The van der Waals surface area contributed by atoms with E-state index in [2.05, 4.69) is 6.58 Å². The normalized spacial score (nSPS) is 8.60. The molecule has 3 nitrogen and oxygen atoms in total. The van der Waals surface area contributed by atoms with Gasteiger partial charge in [0.1, 0.15) is 0 Å². The zero-order chi connectivity index (χ0) is 8.15. The highest BCUT2D eigenvalue weighted by Gasteiger charge is 2.12. The summed E-state index contributed by atoms with van der Waals surface area (Å²) in [4.78, 5) is 21.9. The van der Waals surface area contributed by atoms with E-state index in [-0.39, 0.29) is 12.3 Å². The Kier molecular flexibility index (Phi) is 3.72. The Balaban J connectivity index is 4.20. The smallest absolute Gasteiger partial charge is 0.274 e. The highest BCUT2D eigenvalue weighted by atomic mass is 35.5. The van der Waals surface area contributed by atoms with Gasteiger partial charge in [-0.25, -0.2) is 4.90 Å². The molecule has 2 amide bonds. The van der Waals surface area contributed by atoms with Gasteiger partial charge < -0.3 is 0 Å². The van der Waals surface area contributed by atoms with Crippen molar-refractivity contribution in [1.29, 1.82) is 0 Å². The molecule has 0 bridgehead atoms. The predicted molar refractivity (Wildman–Crippen MR) is 38.6 cm³/mol. The Morgan fingerprint density at radius 2 is 2.20 bits per heavy atom. The maximum absolute atomic E-state index is 10.7. The van der Waals surface area contributed by atoms with Gasteiger partial charge in [0.15, 0.2) is 0 Å². The van der Waals surface area contributed by atoms with Gasteiger partial charge >= 0.3 is 5.37 Å². The third-order valence-corrected chi connectivity index (χ3v) is 1.13. The van der Waals surface area contributed by atoms with Crippen molar-refractivity contribution in [2.45, 2.75) is 13.3 Å². The van der Waals surface area contributed by atoms with Crippen LogP contribution in [0, 0.1) is 0 Å². The van der Waals surface area contributed by atoms with Gasteiger partial charge in [-0.1, -0.05) is 13.5 Å². The van der Waals surface area contributed by atoms with E-state index in [0.29, 0.717) is 0 Å². The third kappa shape index (κ3) is 2.19. The van der Waals surface area contributed by atoms with Gasteiger partial charge in [0.25, 0.3) is 0 Å². The molecule has 0 aromatic rings. The molecule has 0 radical (unpaired) electrons. The first-order chi connectivity index (χ1) is 4.63. The number of halogens is 1. The third-order valence-electron chi connectivity index (χ3n) is 0.943. The van der Waals surface area contributed by atoms with Crippen LogP contribution in [0.5, 0.6) is 0 Å². The Bertz CT molecular complexity index is 167. The minimum absolute atomic E-state index is 0.241. The van der Waals surface area contributed by atoms with E-state index in [9.17, 15) is 9.59 Å². The summed E-state index contributed by atoms with van der Waals surface area (Å²) in [6, 6.07) is 0. The zero-order valence-corrected chi connectivity index (χ0v) is 6.39. The summed E-state index contributed by atoms with van der Waals surface area (Å²) in [6.45, 7) is 4.89. The summed E-state index contributed by atoms with van der Waals surface area (Å²) in [5.74, 6) is -0.352. The van der Waals surface area contributed by atoms with Gasteiger partial charge in [-0.2, -0.15) is 0 Å². The van der Waals surface area contributed by atoms with E-state index in [1.165, 1.54) is 0 Å². The minimum Gasteiger partial charge on any atom is -0.274 e. The topological polar surface area (TPSA) is 37.4 Å². The molecule has 0 aliphatic carbocycles. The largest absolute Gasteiger partial charge is 0.327 e. The van der Waals surface area contributed by atoms with Gasteiger partial charge in [-0.15, -0.1) is 0 Å². The SMILES string of the molecule is C=CN(C(=O)Cl)C(=O)CC. The van der Waals surface area contributed by atoms with Crippen molar-refractivity contribution < 1.29 is 9.59 Å². The van der Waals surface area contributed by atoms with Crippen LogP contribution in [0.4, 0.5) is 4.79 Å². The van der Waals surface area contributed by atoms with Crippen molar-refractivity contribution in [3.8, 4) is 0 Å².